The van der Waals surface area contributed by atoms with Gasteiger partial charge in [0.2, 0.25) is 0 Å². The van der Waals surface area contributed by atoms with Crippen molar-refractivity contribution in [2.75, 3.05) is 0 Å². The van der Waals surface area contributed by atoms with E-state index in [1.807, 2.05) is 0 Å². The zero-order valence-electron chi connectivity index (χ0n) is 8.81. The summed E-state index contributed by atoms with van der Waals surface area (Å²) in [5.74, 6) is -1.44. The number of nitrogens with one attached hydrogen (secondary N) is 1. The van der Waals surface area contributed by atoms with Gasteiger partial charge in [-0.2, -0.15) is 8.78 Å². The van der Waals surface area contributed by atoms with Crippen LogP contribution in [-0.4, -0.2) is 22.7 Å². The Morgan fingerprint density at radius 3 is 2.67 bits per heavy atom. The standard InChI is InChI=1S/C11H7F2NO4/c12-11(13)18-5-1-2-7-6(3-5)9(15)4-8(14-7)10(16)17/h1-4,11H,(H,14,15)(H,16,17). The van der Waals surface area contributed by atoms with E-state index >= 15 is 0 Å². The number of benzene rings is 1. The molecule has 0 amide bonds. The molecule has 18 heavy (non-hydrogen) atoms. The first-order valence-corrected chi connectivity index (χ1v) is 4.82. The summed E-state index contributed by atoms with van der Waals surface area (Å²) in [5.41, 5.74) is -0.614. The average Bonchev–Trinajstić information content (AvgIpc) is 2.28. The van der Waals surface area contributed by atoms with E-state index in [1.54, 1.807) is 0 Å². The Morgan fingerprint density at radius 2 is 2.06 bits per heavy atom. The van der Waals surface area contributed by atoms with Crippen LogP contribution in [0.5, 0.6) is 5.75 Å². The molecule has 0 fully saturated rings. The molecule has 1 aromatic heterocycles. The van der Waals surface area contributed by atoms with Crippen molar-refractivity contribution in [1.82, 2.24) is 4.98 Å². The number of ether oxygens (including phenoxy) is 1. The molecule has 2 N–H and O–H groups in total. The molecule has 2 rings (SSSR count). The molecule has 0 aliphatic rings. The average molecular weight is 255 g/mol. The summed E-state index contributed by atoms with van der Waals surface area (Å²) in [6, 6.07) is 4.54. The number of pyridine rings is 1. The molecule has 7 heteroatoms. The number of halogens is 2. The van der Waals surface area contributed by atoms with Crippen LogP contribution < -0.4 is 10.2 Å². The van der Waals surface area contributed by atoms with Crippen LogP contribution in [0.3, 0.4) is 0 Å². The van der Waals surface area contributed by atoms with E-state index in [1.165, 1.54) is 12.1 Å². The van der Waals surface area contributed by atoms with Crippen molar-refractivity contribution < 1.29 is 23.4 Å². The van der Waals surface area contributed by atoms with Crippen molar-refractivity contribution in [1.29, 1.82) is 0 Å². The maximum absolute atomic E-state index is 12.0. The predicted molar refractivity (Wildman–Crippen MR) is 58.2 cm³/mol. The fourth-order valence-electron chi connectivity index (χ4n) is 1.52. The van der Waals surface area contributed by atoms with E-state index in [0.717, 1.165) is 12.1 Å². The second-order valence-electron chi connectivity index (χ2n) is 3.44. The molecule has 0 unspecified atom stereocenters. The lowest BCUT2D eigenvalue weighted by atomic mass is 10.2. The van der Waals surface area contributed by atoms with Crippen LogP contribution in [-0.2, 0) is 0 Å². The molecule has 2 aromatic rings. The van der Waals surface area contributed by atoms with Gasteiger partial charge in [0, 0.05) is 11.5 Å². The van der Waals surface area contributed by atoms with Crippen LogP contribution in [0, 0.1) is 0 Å². The number of carboxylic acid groups (broad SMARTS) is 1. The first-order valence-electron chi connectivity index (χ1n) is 4.82. The van der Waals surface area contributed by atoms with Crippen molar-refractivity contribution in [3.63, 3.8) is 0 Å². The summed E-state index contributed by atoms with van der Waals surface area (Å²) in [6.07, 6.45) is 0. The number of fused-ring (bicyclic) bond motifs is 1. The van der Waals surface area contributed by atoms with E-state index < -0.39 is 18.0 Å². The highest BCUT2D eigenvalue weighted by Gasteiger charge is 2.10. The molecule has 0 aliphatic heterocycles. The maximum atomic E-state index is 12.0. The highest BCUT2D eigenvalue weighted by molar-refractivity contribution is 5.90. The molecule has 5 nitrogen and oxygen atoms in total. The topological polar surface area (TPSA) is 79.4 Å². The number of aromatic carboxylic acids is 1. The first kappa shape index (κ1) is 12.0. The van der Waals surface area contributed by atoms with Gasteiger partial charge in [-0.05, 0) is 18.2 Å². The third kappa shape index (κ3) is 2.29. The third-order valence-corrected chi connectivity index (χ3v) is 2.26. The Balaban J connectivity index is 2.58. The second-order valence-corrected chi connectivity index (χ2v) is 3.44. The highest BCUT2D eigenvalue weighted by Crippen LogP contribution is 2.19. The minimum atomic E-state index is -2.99. The van der Waals surface area contributed by atoms with E-state index in [4.69, 9.17) is 5.11 Å². The molecule has 0 atom stereocenters. The smallest absolute Gasteiger partial charge is 0.387 e. The molecule has 94 valence electrons. The summed E-state index contributed by atoms with van der Waals surface area (Å²) in [5, 5.41) is 8.83. The molecule has 0 aliphatic carbocycles. The monoisotopic (exact) mass is 255 g/mol. The van der Waals surface area contributed by atoms with Crippen LogP contribution in [0.15, 0.2) is 29.1 Å². The Bertz CT molecular complexity index is 666. The Kier molecular flexibility index (Phi) is 2.97. The normalized spacial score (nSPS) is 10.8. The summed E-state index contributed by atoms with van der Waals surface area (Å²) in [6.45, 7) is -2.99. The van der Waals surface area contributed by atoms with Crippen LogP contribution in [0.4, 0.5) is 8.78 Å². The van der Waals surface area contributed by atoms with Crippen molar-refractivity contribution in [3.05, 3.63) is 40.2 Å². The van der Waals surface area contributed by atoms with Crippen LogP contribution in [0.1, 0.15) is 10.5 Å². The lowest BCUT2D eigenvalue weighted by molar-refractivity contribution is -0.0497. The van der Waals surface area contributed by atoms with E-state index in [9.17, 15) is 18.4 Å². The Labute approximate surface area is 98.6 Å². The minimum absolute atomic E-state index is 0.0816. The van der Waals surface area contributed by atoms with Gasteiger partial charge in [-0.1, -0.05) is 0 Å². The highest BCUT2D eigenvalue weighted by atomic mass is 19.3. The number of carbonyl (C=O) groups is 1. The van der Waals surface area contributed by atoms with Gasteiger partial charge in [0.05, 0.1) is 5.52 Å². The van der Waals surface area contributed by atoms with Crippen LogP contribution in [0.25, 0.3) is 10.9 Å². The Morgan fingerprint density at radius 1 is 1.33 bits per heavy atom. The predicted octanol–water partition coefficient (Wildman–Crippen LogP) is 1.83. The number of alkyl halides is 2. The summed E-state index contributed by atoms with van der Waals surface area (Å²) in [7, 11) is 0. The molecule has 0 saturated heterocycles. The van der Waals surface area contributed by atoms with Crippen LogP contribution >= 0.6 is 0 Å². The number of hydrogen-bond acceptors (Lipinski definition) is 3. The number of aromatic amines is 1. The van der Waals surface area contributed by atoms with E-state index in [0.29, 0.717) is 0 Å². The van der Waals surface area contributed by atoms with Crippen molar-refractivity contribution in [3.8, 4) is 5.75 Å². The molecule has 1 aromatic carbocycles. The summed E-state index contributed by atoms with van der Waals surface area (Å²) in [4.78, 5) is 24.8. The van der Waals surface area contributed by atoms with Gasteiger partial charge >= 0.3 is 12.6 Å². The molecule has 0 bridgehead atoms. The van der Waals surface area contributed by atoms with Gasteiger partial charge in [0.15, 0.2) is 5.43 Å². The first-order chi connectivity index (χ1) is 8.47. The lowest BCUT2D eigenvalue weighted by Gasteiger charge is -2.05. The zero-order valence-corrected chi connectivity index (χ0v) is 8.81. The van der Waals surface area contributed by atoms with E-state index in [2.05, 4.69) is 9.72 Å². The number of carboxylic acids is 1. The number of aromatic nitrogens is 1. The van der Waals surface area contributed by atoms with Gasteiger partial charge in [0.1, 0.15) is 11.4 Å². The summed E-state index contributed by atoms with van der Waals surface area (Å²) < 4.78 is 28.2. The molecular formula is C11H7F2NO4. The fraction of sp³-hybridized carbons (Fsp3) is 0.0909. The Hall–Kier alpha value is -2.44. The fourth-order valence-corrected chi connectivity index (χ4v) is 1.52. The number of hydrogen-bond donors (Lipinski definition) is 2. The molecule has 0 spiro atoms. The van der Waals surface area contributed by atoms with Gasteiger partial charge in [0.25, 0.3) is 0 Å². The number of rotatable bonds is 3. The zero-order chi connectivity index (χ0) is 13.3. The molecule has 0 radical (unpaired) electrons. The third-order valence-electron chi connectivity index (χ3n) is 2.26. The van der Waals surface area contributed by atoms with Crippen molar-refractivity contribution in [2.45, 2.75) is 6.61 Å². The number of H-pyrrole nitrogens is 1. The van der Waals surface area contributed by atoms with Gasteiger partial charge < -0.3 is 14.8 Å². The van der Waals surface area contributed by atoms with Crippen LogP contribution in [0.2, 0.25) is 0 Å². The largest absolute Gasteiger partial charge is 0.477 e. The molecule has 1 heterocycles. The van der Waals surface area contributed by atoms with Gasteiger partial charge in [-0.15, -0.1) is 0 Å². The molecule has 0 saturated carbocycles. The maximum Gasteiger partial charge on any atom is 0.387 e. The summed E-state index contributed by atoms with van der Waals surface area (Å²) >= 11 is 0. The molecular weight excluding hydrogens is 248 g/mol. The second kappa shape index (κ2) is 4.44. The van der Waals surface area contributed by atoms with Gasteiger partial charge in [-0.25, -0.2) is 4.79 Å². The SMILES string of the molecule is O=C(O)c1cc(=O)c2cc(OC(F)F)ccc2[nH]1. The van der Waals surface area contributed by atoms with Gasteiger partial charge in [-0.3, -0.25) is 4.79 Å². The quantitative estimate of drug-likeness (QED) is 0.876. The van der Waals surface area contributed by atoms with Crippen molar-refractivity contribution in [2.24, 2.45) is 0 Å². The lowest BCUT2D eigenvalue weighted by Crippen LogP contribution is -2.10. The van der Waals surface area contributed by atoms with E-state index in [-0.39, 0.29) is 22.3 Å². The minimum Gasteiger partial charge on any atom is -0.477 e. The van der Waals surface area contributed by atoms with Crippen molar-refractivity contribution >= 4 is 16.9 Å².